The van der Waals surface area contributed by atoms with Crippen molar-refractivity contribution in [3.05, 3.63) is 71.6 Å². The number of halogens is 1. The summed E-state index contributed by atoms with van der Waals surface area (Å²) in [5, 5.41) is 13.9. The first kappa shape index (κ1) is 17.7. The minimum Gasteiger partial charge on any atom is -0.392 e. The Morgan fingerprint density at radius 2 is 1.81 bits per heavy atom. The Morgan fingerprint density at radius 3 is 2.52 bits per heavy atom. The number of benzene rings is 2. The van der Waals surface area contributed by atoms with Crippen LogP contribution in [0.25, 0.3) is 27.8 Å². The van der Waals surface area contributed by atoms with Crippen LogP contribution in [0, 0.1) is 0 Å². The summed E-state index contributed by atoms with van der Waals surface area (Å²) < 4.78 is 3.10. The van der Waals surface area contributed by atoms with Gasteiger partial charge in [0.25, 0.3) is 0 Å². The zero-order valence-corrected chi connectivity index (χ0v) is 16.4. The summed E-state index contributed by atoms with van der Waals surface area (Å²) in [4.78, 5) is 8.98. The fourth-order valence-electron chi connectivity index (χ4n) is 3.08. The topological polar surface area (TPSA) is 63.0 Å². The minimum absolute atomic E-state index is 0.420. The van der Waals surface area contributed by atoms with Gasteiger partial charge in [0, 0.05) is 28.5 Å². The third kappa shape index (κ3) is 3.59. The molecular formula is C21H19BrN4O. The minimum atomic E-state index is -0.469. The van der Waals surface area contributed by atoms with Gasteiger partial charge in [0.05, 0.1) is 11.5 Å². The van der Waals surface area contributed by atoms with E-state index >= 15 is 0 Å². The number of nitrogens with zero attached hydrogens (tertiary/aromatic N) is 3. The molecule has 2 aromatic carbocycles. The van der Waals surface area contributed by atoms with Gasteiger partial charge in [0.15, 0.2) is 5.65 Å². The van der Waals surface area contributed by atoms with Gasteiger partial charge in [-0.05, 0) is 36.8 Å². The van der Waals surface area contributed by atoms with Crippen molar-refractivity contribution >= 4 is 32.8 Å². The van der Waals surface area contributed by atoms with Crippen LogP contribution in [0.15, 0.2) is 71.6 Å². The van der Waals surface area contributed by atoms with Crippen LogP contribution in [-0.2, 0) is 0 Å². The predicted molar refractivity (Wildman–Crippen MR) is 112 cm³/mol. The summed E-state index contributed by atoms with van der Waals surface area (Å²) in [7, 11) is 0. The van der Waals surface area contributed by atoms with Crippen LogP contribution in [0.1, 0.15) is 6.92 Å². The number of rotatable bonds is 5. The second-order valence-corrected chi connectivity index (χ2v) is 7.32. The Hall–Kier alpha value is -2.70. The maximum atomic E-state index is 9.67. The molecule has 0 saturated heterocycles. The molecule has 0 aliphatic heterocycles. The molecule has 0 unspecified atom stereocenters. The molecule has 0 saturated carbocycles. The summed E-state index contributed by atoms with van der Waals surface area (Å²) >= 11 is 3.49. The van der Waals surface area contributed by atoms with E-state index in [1.807, 2.05) is 42.5 Å². The molecule has 6 heteroatoms. The SMILES string of the molecule is C[C@@H](O)CNc1ncnc2c1c(-c1ccccc1)cn2-c1ccc(Br)cc1. The van der Waals surface area contributed by atoms with E-state index in [-0.39, 0.29) is 0 Å². The number of anilines is 1. The first-order chi connectivity index (χ1) is 13.1. The molecule has 136 valence electrons. The summed E-state index contributed by atoms with van der Waals surface area (Å²) in [5.41, 5.74) is 3.97. The number of aliphatic hydroxyl groups excluding tert-OH is 1. The van der Waals surface area contributed by atoms with Crippen molar-refractivity contribution in [1.29, 1.82) is 0 Å². The second kappa shape index (κ2) is 7.50. The van der Waals surface area contributed by atoms with Crippen LogP contribution >= 0.6 is 15.9 Å². The van der Waals surface area contributed by atoms with Gasteiger partial charge in [0.2, 0.25) is 0 Å². The molecule has 0 aliphatic rings. The van der Waals surface area contributed by atoms with Crippen molar-refractivity contribution in [2.24, 2.45) is 0 Å². The maximum absolute atomic E-state index is 9.67. The molecule has 0 amide bonds. The third-order valence-corrected chi connectivity index (χ3v) is 4.87. The Labute approximate surface area is 165 Å². The van der Waals surface area contributed by atoms with E-state index < -0.39 is 6.10 Å². The van der Waals surface area contributed by atoms with Crippen LogP contribution < -0.4 is 5.32 Å². The summed E-state index contributed by atoms with van der Waals surface area (Å²) in [6, 6.07) is 18.3. The van der Waals surface area contributed by atoms with Crippen LogP contribution in [0.3, 0.4) is 0 Å². The standard InChI is InChI=1S/C21H19BrN4O/c1-14(27)11-23-20-19-18(15-5-3-2-4-6-15)12-26(21(19)25-13-24-20)17-9-7-16(22)8-10-17/h2-10,12-14,27H,11H2,1H3,(H,23,24,25)/t14-/m1/s1. The molecule has 0 spiro atoms. The van der Waals surface area contributed by atoms with Crippen LogP contribution in [0.5, 0.6) is 0 Å². The predicted octanol–water partition coefficient (Wildman–Crippen LogP) is 4.64. The molecule has 4 rings (SSSR count). The van der Waals surface area contributed by atoms with Gasteiger partial charge in [-0.25, -0.2) is 9.97 Å². The number of fused-ring (bicyclic) bond motifs is 1. The van der Waals surface area contributed by atoms with Crippen molar-refractivity contribution in [2.45, 2.75) is 13.0 Å². The van der Waals surface area contributed by atoms with E-state index in [2.05, 4.69) is 54.1 Å². The molecule has 2 N–H and O–H groups in total. The highest BCUT2D eigenvalue weighted by Crippen LogP contribution is 2.35. The van der Waals surface area contributed by atoms with Crippen molar-refractivity contribution < 1.29 is 5.11 Å². The van der Waals surface area contributed by atoms with Gasteiger partial charge in [-0.15, -0.1) is 0 Å². The first-order valence-electron chi connectivity index (χ1n) is 8.73. The lowest BCUT2D eigenvalue weighted by atomic mass is 10.1. The summed E-state index contributed by atoms with van der Waals surface area (Å²) in [6.45, 7) is 2.17. The Bertz CT molecular complexity index is 1060. The van der Waals surface area contributed by atoms with Gasteiger partial charge in [-0.3, -0.25) is 0 Å². The third-order valence-electron chi connectivity index (χ3n) is 4.34. The molecule has 2 heterocycles. The zero-order valence-electron chi connectivity index (χ0n) is 14.8. The second-order valence-electron chi connectivity index (χ2n) is 6.41. The molecule has 2 aromatic heterocycles. The smallest absolute Gasteiger partial charge is 0.150 e. The Kier molecular flexibility index (Phi) is 4.92. The molecule has 5 nitrogen and oxygen atoms in total. The highest BCUT2D eigenvalue weighted by atomic mass is 79.9. The average Bonchev–Trinajstić information content (AvgIpc) is 3.08. The van der Waals surface area contributed by atoms with Crippen molar-refractivity contribution in [3.8, 4) is 16.8 Å². The fourth-order valence-corrected chi connectivity index (χ4v) is 3.34. The lowest BCUT2D eigenvalue weighted by Crippen LogP contribution is -2.16. The van der Waals surface area contributed by atoms with E-state index in [0.29, 0.717) is 6.54 Å². The average molecular weight is 423 g/mol. The van der Waals surface area contributed by atoms with Gasteiger partial charge in [0.1, 0.15) is 12.1 Å². The van der Waals surface area contributed by atoms with Crippen molar-refractivity contribution in [3.63, 3.8) is 0 Å². The molecule has 27 heavy (non-hydrogen) atoms. The van der Waals surface area contributed by atoms with E-state index in [0.717, 1.165) is 38.1 Å². The summed E-state index contributed by atoms with van der Waals surface area (Å²) in [6.07, 6.45) is 3.17. The van der Waals surface area contributed by atoms with E-state index in [1.165, 1.54) is 0 Å². The number of hydrogen-bond acceptors (Lipinski definition) is 4. The zero-order chi connectivity index (χ0) is 18.8. The van der Waals surface area contributed by atoms with E-state index in [1.54, 1.807) is 13.3 Å². The van der Waals surface area contributed by atoms with E-state index in [9.17, 15) is 5.11 Å². The molecule has 4 aromatic rings. The van der Waals surface area contributed by atoms with Gasteiger partial charge >= 0.3 is 0 Å². The highest BCUT2D eigenvalue weighted by molar-refractivity contribution is 9.10. The maximum Gasteiger partial charge on any atom is 0.150 e. The molecule has 0 aliphatic carbocycles. The fraction of sp³-hybridized carbons (Fsp3) is 0.143. The van der Waals surface area contributed by atoms with E-state index in [4.69, 9.17) is 0 Å². The van der Waals surface area contributed by atoms with Crippen molar-refractivity contribution in [2.75, 3.05) is 11.9 Å². The van der Waals surface area contributed by atoms with Crippen LogP contribution in [0.4, 0.5) is 5.82 Å². The Morgan fingerprint density at radius 1 is 1.07 bits per heavy atom. The number of hydrogen-bond donors (Lipinski definition) is 2. The number of nitrogens with one attached hydrogen (secondary N) is 1. The molecule has 0 bridgehead atoms. The molecular weight excluding hydrogens is 404 g/mol. The first-order valence-corrected chi connectivity index (χ1v) is 9.52. The summed E-state index contributed by atoms with van der Waals surface area (Å²) in [5.74, 6) is 0.718. The number of aliphatic hydroxyl groups is 1. The number of aromatic nitrogens is 3. The quantitative estimate of drug-likeness (QED) is 0.491. The molecule has 1 atom stereocenters. The lowest BCUT2D eigenvalue weighted by molar-refractivity contribution is 0.208. The monoisotopic (exact) mass is 422 g/mol. The van der Waals surface area contributed by atoms with Crippen LogP contribution in [-0.4, -0.2) is 32.3 Å². The van der Waals surface area contributed by atoms with Crippen molar-refractivity contribution in [1.82, 2.24) is 14.5 Å². The Balaban J connectivity index is 1.95. The van der Waals surface area contributed by atoms with Crippen LogP contribution in [0.2, 0.25) is 0 Å². The normalized spacial score (nSPS) is 12.3. The van der Waals surface area contributed by atoms with Gasteiger partial charge in [-0.1, -0.05) is 46.3 Å². The molecule has 0 radical (unpaired) electrons. The molecule has 0 fully saturated rings. The van der Waals surface area contributed by atoms with Gasteiger partial charge in [-0.2, -0.15) is 0 Å². The van der Waals surface area contributed by atoms with Gasteiger partial charge < -0.3 is 15.0 Å². The lowest BCUT2D eigenvalue weighted by Gasteiger charge is -2.10. The largest absolute Gasteiger partial charge is 0.392 e. The highest BCUT2D eigenvalue weighted by Gasteiger charge is 2.17.